The molecular weight excluding hydrogens is 152 g/mol. The summed E-state index contributed by atoms with van der Waals surface area (Å²) in [6.07, 6.45) is 6.85. The molecule has 2 nitrogen and oxygen atoms in total. The molecule has 1 rings (SSSR count). The van der Waals surface area contributed by atoms with Gasteiger partial charge in [0, 0.05) is 6.42 Å². The Labute approximate surface area is 73.3 Å². The Balaban J connectivity index is 2.26. The third kappa shape index (κ3) is 3.07. The van der Waals surface area contributed by atoms with Crippen molar-refractivity contribution in [2.75, 3.05) is 0 Å². The van der Waals surface area contributed by atoms with Crippen molar-refractivity contribution in [3.05, 3.63) is 11.6 Å². The van der Waals surface area contributed by atoms with Crippen molar-refractivity contribution < 1.29 is 9.90 Å². The zero-order chi connectivity index (χ0) is 8.97. The van der Waals surface area contributed by atoms with Gasteiger partial charge in [-0.3, -0.25) is 4.79 Å². The first-order valence-electron chi connectivity index (χ1n) is 4.56. The second-order valence-corrected chi connectivity index (χ2v) is 3.63. The molecule has 0 aromatic heterocycles. The highest BCUT2D eigenvalue weighted by Gasteiger charge is 2.13. The van der Waals surface area contributed by atoms with Crippen molar-refractivity contribution in [2.45, 2.75) is 39.0 Å². The van der Waals surface area contributed by atoms with E-state index in [0.717, 1.165) is 19.3 Å². The van der Waals surface area contributed by atoms with E-state index in [-0.39, 0.29) is 0 Å². The Bertz CT molecular complexity index is 194. The van der Waals surface area contributed by atoms with Crippen LogP contribution in [0.2, 0.25) is 0 Å². The lowest BCUT2D eigenvalue weighted by molar-refractivity contribution is -0.137. The number of hydrogen-bond acceptors (Lipinski definition) is 1. The number of hydrogen-bond donors (Lipinski definition) is 1. The summed E-state index contributed by atoms with van der Waals surface area (Å²) in [7, 11) is 0. The number of aliphatic carboxylic acids is 1. The molecule has 0 radical (unpaired) electrons. The van der Waals surface area contributed by atoms with Crippen LogP contribution in [0.5, 0.6) is 0 Å². The SMILES string of the molecule is CC1=CCCC(CCC(=O)O)C1. The predicted octanol–water partition coefficient (Wildman–Crippen LogP) is 2.60. The summed E-state index contributed by atoms with van der Waals surface area (Å²) < 4.78 is 0. The highest BCUT2D eigenvalue weighted by Crippen LogP contribution is 2.27. The summed E-state index contributed by atoms with van der Waals surface area (Å²) >= 11 is 0. The summed E-state index contributed by atoms with van der Waals surface area (Å²) in [5.41, 5.74) is 1.43. The highest BCUT2D eigenvalue weighted by atomic mass is 16.4. The number of allylic oxidation sites excluding steroid dienone is 2. The van der Waals surface area contributed by atoms with E-state index < -0.39 is 5.97 Å². The molecule has 0 aliphatic heterocycles. The van der Waals surface area contributed by atoms with Crippen LogP contribution in [0.15, 0.2) is 11.6 Å². The van der Waals surface area contributed by atoms with E-state index >= 15 is 0 Å². The van der Waals surface area contributed by atoms with Crippen LogP contribution in [0.1, 0.15) is 39.0 Å². The summed E-state index contributed by atoms with van der Waals surface area (Å²) in [5.74, 6) is -0.0479. The average Bonchev–Trinajstić information content (AvgIpc) is 2.01. The fourth-order valence-electron chi connectivity index (χ4n) is 1.78. The van der Waals surface area contributed by atoms with E-state index in [0.29, 0.717) is 12.3 Å². The van der Waals surface area contributed by atoms with Crippen LogP contribution in [0.25, 0.3) is 0 Å². The van der Waals surface area contributed by atoms with Crippen LogP contribution in [-0.2, 0) is 4.79 Å². The van der Waals surface area contributed by atoms with Gasteiger partial charge in [0.05, 0.1) is 0 Å². The largest absolute Gasteiger partial charge is 0.481 e. The van der Waals surface area contributed by atoms with Crippen LogP contribution in [0.4, 0.5) is 0 Å². The molecule has 0 saturated heterocycles. The van der Waals surface area contributed by atoms with Crippen molar-refractivity contribution in [3.8, 4) is 0 Å². The molecule has 68 valence electrons. The first-order chi connectivity index (χ1) is 5.68. The second kappa shape index (κ2) is 4.29. The third-order valence-electron chi connectivity index (χ3n) is 2.44. The average molecular weight is 168 g/mol. The van der Waals surface area contributed by atoms with E-state index in [1.807, 2.05) is 0 Å². The van der Waals surface area contributed by atoms with Crippen molar-refractivity contribution >= 4 is 5.97 Å². The molecule has 0 heterocycles. The van der Waals surface area contributed by atoms with Gasteiger partial charge >= 0.3 is 5.97 Å². The summed E-state index contributed by atoms with van der Waals surface area (Å²) in [4.78, 5) is 10.3. The zero-order valence-corrected chi connectivity index (χ0v) is 7.55. The van der Waals surface area contributed by atoms with Gasteiger partial charge in [0.1, 0.15) is 0 Å². The molecule has 0 saturated carbocycles. The van der Waals surface area contributed by atoms with Crippen molar-refractivity contribution in [1.29, 1.82) is 0 Å². The monoisotopic (exact) mass is 168 g/mol. The highest BCUT2D eigenvalue weighted by molar-refractivity contribution is 5.66. The first kappa shape index (κ1) is 9.30. The van der Waals surface area contributed by atoms with Gasteiger partial charge in [-0.2, -0.15) is 0 Å². The maximum Gasteiger partial charge on any atom is 0.303 e. The molecule has 1 atom stereocenters. The van der Waals surface area contributed by atoms with Gasteiger partial charge in [-0.05, 0) is 38.5 Å². The molecule has 0 amide bonds. The molecule has 0 aromatic carbocycles. The summed E-state index contributed by atoms with van der Waals surface area (Å²) in [6, 6.07) is 0. The Hall–Kier alpha value is -0.790. The van der Waals surface area contributed by atoms with Gasteiger partial charge in [0.2, 0.25) is 0 Å². The molecular formula is C10H16O2. The van der Waals surface area contributed by atoms with E-state index in [9.17, 15) is 4.79 Å². The molecule has 12 heavy (non-hydrogen) atoms. The van der Waals surface area contributed by atoms with E-state index in [1.165, 1.54) is 12.0 Å². The minimum atomic E-state index is -0.665. The quantitative estimate of drug-likeness (QED) is 0.658. The Morgan fingerprint density at radius 2 is 2.50 bits per heavy atom. The molecule has 2 heteroatoms. The zero-order valence-electron chi connectivity index (χ0n) is 7.55. The van der Waals surface area contributed by atoms with E-state index in [4.69, 9.17) is 5.11 Å². The van der Waals surface area contributed by atoms with Gasteiger partial charge in [0.15, 0.2) is 0 Å². The lowest BCUT2D eigenvalue weighted by atomic mass is 9.86. The third-order valence-corrected chi connectivity index (χ3v) is 2.44. The molecule has 1 unspecified atom stereocenters. The Kier molecular flexibility index (Phi) is 3.32. The summed E-state index contributed by atoms with van der Waals surface area (Å²) in [5, 5.41) is 8.50. The fourth-order valence-corrected chi connectivity index (χ4v) is 1.78. The first-order valence-corrected chi connectivity index (χ1v) is 4.56. The van der Waals surface area contributed by atoms with Gasteiger partial charge in [-0.15, -0.1) is 0 Å². The predicted molar refractivity (Wildman–Crippen MR) is 48.0 cm³/mol. The number of rotatable bonds is 3. The van der Waals surface area contributed by atoms with Gasteiger partial charge < -0.3 is 5.11 Å². The topological polar surface area (TPSA) is 37.3 Å². The molecule has 1 N–H and O–H groups in total. The number of carboxylic acid groups (broad SMARTS) is 1. The molecule has 0 spiro atoms. The minimum absolute atomic E-state index is 0.331. The van der Waals surface area contributed by atoms with Gasteiger partial charge in [-0.1, -0.05) is 11.6 Å². The fraction of sp³-hybridized carbons (Fsp3) is 0.700. The lowest BCUT2D eigenvalue weighted by Crippen LogP contribution is -2.08. The smallest absolute Gasteiger partial charge is 0.303 e. The van der Waals surface area contributed by atoms with E-state index in [2.05, 4.69) is 13.0 Å². The standard InChI is InChI=1S/C10H16O2/c1-8-3-2-4-9(7-8)5-6-10(11)12/h3,9H,2,4-7H2,1H3,(H,11,12). The number of carbonyl (C=O) groups is 1. The lowest BCUT2D eigenvalue weighted by Gasteiger charge is -2.19. The van der Waals surface area contributed by atoms with Gasteiger partial charge in [0.25, 0.3) is 0 Å². The Morgan fingerprint density at radius 3 is 3.08 bits per heavy atom. The van der Waals surface area contributed by atoms with Crippen molar-refractivity contribution in [3.63, 3.8) is 0 Å². The molecule has 0 aromatic rings. The van der Waals surface area contributed by atoms with Crippen molar-refractivity contribution in [2.24, 2.45) is 5.92 Å². The van der Waals surface area contributed by atoms with Crippen LogP contribution in [0, 0.1) is 5.92 Å². The number of carboxylic acids is 1. The van der Waals surface area contributed by atoms with Crippen LogP contribution < -0.4 is 0 Å². The van der Waals surface area contributed by atoms with Crippen molar-refractivity contribution in [1.82, 2.24) is 0 Å². The summed E-state index contributed by atoms with van der Waals surface area (Å²) in [6.45, 7) is 2.13. The second-order valence-electron chi connectivity index (χ2n) is 3.63. The van der Waals surface area contributed by atoms with Crippen LogP contribution in [0.3, 0.4) is 0 Å². The van der Waals surface area contributed by atoms with Gasteiger partial charge in [-0.25, -0.2) is 0 Å². The minimum Gasteiger partial charge on any atom is -0.481 e. The molecule has 0 fully saturated rings. The van der Waals surface area contributed by atoms with Crippen LogP contribution >= 0.6 is 0 Å². The molecule has 1 aliphatic rings. The normalized spacial score (nSPS) is 23.4. The molecule has 0 bridgehead atoms. The van der Waals surface area contributed by atoms with E-state index in [1.54, 1.807) is 0 Å². The van der Waals surface area contributed by atoms with Crippen LogP contribution in [-0.4, -0.2) is 11.1 Å². The molecule has 1 aliphatic carbocycles. The maximum atomic E-state index is 10.3. The maximum absolute atomic E-state index is 10.3. The Morgan fingerprint density at radius 1 is 1.75 bits per heavy atom.